The Hall–Kier alpha value is -2.50. The number of nitrogens with zero attached hydrogens (tertiary/aromatic N) is 2. The Morgan fingerprint density at radius 1 is 1.45 bits per heavy atom. The Morgan fingerprint density at radius 2 is 2.25 bits per heavy atom. The number of aromatic amines is 1. The van der Waals surface area contributed by atoms with E-state index in [0.717, 1.165) is 11.5 Å². The molecule has 0 radical (unpaired) electrons. The third-order valence-corrected chi connectivity index (χ3v) is 2.95. The first-order chi connectivity index (χ1) is 9.58. The summed E-state index contributed by atoms with van der Waals surface area (Å²) in [5.74, 6) is 0.721. The summed E-state index contributed by atoms with van der Waals surface area (Å²) in [7, 11) is 3.79. The molecule has 0 aliphatic carbocycles. The van der Waals surface area contributed by atoms with Crippen LogP contribution in [0.5, 0.6) is 0 Å². The van der Waals surface area contributed by atoms with Gasteiger partial charge in [-0.1, -0.05) is 0 Å². The van der Waals surface area contributed by atoms with E-state index < -0.39 is 0 Å². The van der Waals surface area contributed by atoms with Crippen molar-refractivity contribution in [3.05, 3.63) is 42.0 Å². The van der Waals surface area contributed by atoms with E-state index in [1.54, 1.807) is 24.5 Å². The van der Waals surface area contributed by atoms with Gasteiger partial charge in [0.05, 0.1) is 5.56 Å². The van der Waals surface area contributed by atoms with Crippen LogP contribution in [0, 0.1) is 0 Å². The van der Waals surface area contributed by atoms with Crippen molar-refractivity contribution in [1.29, 1.82) is 0 Å². The molecule has 2 rings (SSSR count). The van der Waals surface area contributed by atoms with Crippen LogP contribution in [0.25, 0.3) is 0 Å². The number of carbonyl (C=O) groups excluding carboxylic acids is 1. The maximum absolute atomic E-state index is 12.2. The number of imidazole rings is 1. The zero-order valence-electron chi connectivity index (χ0n) is 11.7. The number of H-pyrrole nitrogens is 1. The highest BCUT2D eigenvalue weighted by atomic mass is 16.1. The lowest BCUT2D eigenvalue weighted by molar-refractivity contribution is 0.0954. The number of benzene rings is 1. The lowest BCUT2D eigenvalue weighted by atomic mass is 10.1. The molecule has 0 fully saturated rings. The quantitative estimate of drug-likeness (QED) is 0.710. The number of anilines is 2. The smallest absolute Gasteiger partial charge is 0.253 e. The van der Waals surface area contributed by atoms with Gasteiger partial charge >= 0.3 is 0 Å². The first-order valence-electron chi connectivity index (χ1n) is 6.41. The summed E-state index contributed by atoms with van der Waals surface area (Å²) in [6.07, 6.45) is 4.12. The van der Waals surface area contributed by atoms with E-state index in [4.69, 9.17) is 5.73 Å². The fourth-order valence-electron chi connectivity index (χ4n) is 1.95. The minimum atomic E-state index is -0.132. The zero-order valence-corrected chi connectivity index (χ0v) is 11.7. The normalized spacial score (nSPS) is 10.3. The molecule has 1 aromatic carbocycles. The number of aromatic nitrogens is 2. The third-order valence-electron chi connectivity index (χ3n) is 2.95. The average molecular weight is 273 g/mol. The van der Waals surface area contributed by atoms with Crippen molar-refractivity contribution in [1.82, 2.24) is 15.3 Å². The number of nitrogen functional groups attached to an aromatic ring is 1. The van der Waals surface area contributed by atoms with Crippen molar-refractivity contribution in [3.63, 3.8) is 0 Å². The molecular weight excluding hydrogens is 254 g/mol. The van der Waals surface area contributed by atoms with Crippen LogP contribution in [0.1, 0.15) is 16.2 Å². The highest BCUT2D eigenvalue weighted by molar-refractivity contribution is 6.00. The van der Waals surface area contributed by atoms with E-state index in [1.165, 1.54) is 0 Å². The first kappa shape index (κ1) is 13.9. The van der Waals surface area contributed by atoms with Crippen molar-refractivity contribution in [2.45, 2.75) is 6.42 Å². The predicted octanol–water partition coefficient (Wildman–Crippen LogP) is 1.03. The Kier molecular flexibility index (Phi) is 4.24. The second kappa shape index (κ2) is 6.10. The molecule has 0 aliphatic rings. The summed E-state index contributed by atoms with van der Waals surface area (Å²) in [6.45, 7) is 0.522. The second-order valence-electron chi connectivity index (χ2n) is 4.71. The lowest BCUT2D eigenvalue weighted by Crippen LogP contribution is -2.28. The minimum Gasteiger partial charge on any atom is -0.399 e. The van der Waals surface area contributed by atoms with Gasteiger partial charge in [-0.05, 0) is 18.2 Å². The fourth-order valence-corrected chi connectivity index (χ4v) is 1.95. The number of hydrogen-bond acceptors (Lipinski definition) is 4. The van der Waals surface area contributed by atoms with Crippen LogP contribution in [-0.4, -0.2) is 36.5 Å². The molecule has 0 spiro atoms. The Labute approximate surface area is 118 Å². The van der Waals surface area contributed by atoms with Crippen LogP contribution in [0.4, 0.5) is 11.4 Å². The summed E-state index contributed by atoms with van der Waals surface area (Å²) in [4.78, 5) is 21.2. The van der Waals surface area contributed by atoms with Gasteiger partial charge in [-0.25, -0.2) is 4.98 Å². The van der Waals surface area contributed by atoms with Gasteiger partial charge in [0.2, 0.25) is 0 Å². The van der Waals surface area contributed by atoms with E-state index in [2.05, 4.69) is 15.3 Å². The van der Waals surface area contributed by atoms with Gasteiger partial charge in [0.15, 0.2) is 0 Å². The maximum Gasteiger partial charge on any atom is 0.253 e. The number of amides is 1. The molecule has 0 unspecified atom stereocenters. The fraction of sp³-hybridized carbons (Fsp3) is 0.286. The molecule has 1 amide bonds. The van der Waals surface area contributed by atoms with Gasteiger partial charge in [0.25, 0.3) is 5.91 Å². The van der Waals surface area contributed by atoms with Gasteiger partial charge in [0.1, 0.15) is 5.82 Å². The van der Waals surface area contributed by atoms with E-state index in [0.29, 0.717) is 24.2 Å². The van der Waals surface area contributed by atoms with Crippen molar-refractivity contribution >= 4 is 17.3 Å². The summed E-state index contributed by atoms with van der Waals surface area (Å²) >= 11 is 0. The summed E-state index contributed by atoms with van der Waals surface area (Å²) in [6, 6.07) is 5.32. The van der Waals surface area contributed by atoms with Gasteiger partial charge < -0.3 is 20.9 Å². The van der Waals surface area contributed by atoms with Crippen LogP contribution in [0.3, 0.4) is 0 Å². The number of carbonyl (C=O) groups is 1. The number of nitrogens with two attached hydrogens (primary N) is 1. The number of hydrogen-bond donors (Lipinski definition) is 3. The Morgan fingerprint density at radius 3 is 2.90 bits per heavy atom. The monoisotopic (exact) mass is 273 g/mol. The van der Waals surface area contributed by atoms with Crippen LogP contribution in [0.2, 0.25) is 0 Å². The molecule has 2 aromatic rings. The van der Waals surface area contributed by atoms with Crippen molar-refractivity contribution in [3.8, 4) is 0 Å². The topological polar surface area (TPSA) is 87.0 Å². The number of rotatable bonds is 5. The summed E-state index contributed by atoms with van der Waals surface area (Å²) in [5.41, 5.74) is 7.75. The standard InChI is InChI=1S/C14H19N5O/c1-19(2)12-4-3-10(15)9-11(12)14(20)18-6-5-13-16-7-8-17-13/h3-4,7-9H,5-6,15H2,1-2H3,(H,16,17)(H,18,20). The molecule has 0 saturated heterocycles. The molecule has 20 heavy (non-hydrogen) atoms. The van der Waals surface area contributed by atoms with E-state index >= 15 is 0 Å². The van der Waals surface area contributed by atoms with Crippen molar-refractivity contribution < 1.29 is 4.79 Å². The minimum absolute atomic E-state index is 0.132. The van der Waals surface area contributed by atoms with Crippen molar-refractivity contribution in [2.75, 3.05) is 31.3 Å². The van der Waals surface area contributed by atoms with Gasteiger partial charge in [-0.2, -0.15) is 0 Å². The molecular formula is C14H19N5O. The molecule has 0 aliphatic heterocycles. The molecule has 6 heteroatoms. The largest absolute Gasteiger partial charge is 0.399 e. The first-order valence-corrected chi connectivity index (χ1v) is 6.41. The van der Waals surface area contributed by atoms with Crippen LogP contribution >= 0.6 is 0 Å². The maximum atomic E-state index is 12.2. The van der Waals surface area contributed by atoms with Gasteiger partial charge in [-0.15, -0.1) is 0 Å². The summed E-state index contributed by atoms with van der Waals surface area (Å²) in [5, 5.41) is 2.88. The van der Waals surface area contributed by atoms with Gasteiger partial charge in [0, 0.05) is 50.8 Å². The molecule has 1 aromatic heterocycles. The van der Waals surface area contributed by atoms with E-state index in [1.807, 2.05) is 25.1 Å². The SMILES string of the molecule is CN(C)c1ccc(N)cc1C(=O)NCCc1ncc[nH]1. The van der Waals surface area contributed by atoms with E-state index in [-0.39, 0.29) is 5.91 Å². The molecule has 106 valence electrons. The molecule has 6 nitrogen and oxygen atoms in total. The summed E-state index contributed by atoms with van der Waals surface area (Å²) < 4.78 is 0. The molecule has 1 heterocycles. The van der Waals surface area contributed by atoms with Crippen LogP contribution in [0.15, 0.2) is 30.6 Å². The lowest BCUT2D eigenvalue weighted by Gasteiger charge is -2.17. The van der Waals surface area contributed by atoms with Crippen LogP contribution in [-0.2, 0) is 6.42 Å². The average Bonchev–Trinajstić information content (AvgIpc) is 2.91. The van der Waals surface area contributed by atoms with Crippen molar-refractivity contribution in [2.24, 2.45) is 0 Å². The molecule has 0 bridgehead atoms. The molecule has 4 N–H and O–H groups in total. The second-order valence-corrected chi connectivity index (χ2v) is 4.71. The van der Waals surface area contributed by atoms with E-state index in [9.17, 15) is 4.79 Å². The zero-order chi connectivity index (χ0) is 14.5. The Bertz CT molecular complexity index is 577. The highest BCUT2D eigenvalue weighted by Gasteiger charge is 2.13. The van der Waals surface area contributed by atoms with Gasteiger partial charge in [-0.3, -0.25) is 4.79 Å². The Balaban J connectivity index is 2.03. The molecule has 0 atom stereocenters. The highest BCUT2D eigenvalue weighted by Crippen LogP contribution is 2.21. The predicted molar refractivity (Wildman–Crippen MR) is 79.8 cm³/mol. The molecule has 0 saturated carbocycles. The third kappa shape index (κ3) is 3.28. The number of nitrogens with one attached hydrogen (secondary N) is 2. The van der Waals surface area contributed by atoms with Crippen LogP contribution < -0.4 is 16.0 Å².